The highest BCUT2D eigenvalue weighted by atomic mass is 16.3. The molecule has 0 atom stereocenters. The zero-order valence-electron chi connectivity index (χ0n) is 17.9. The van der Waals surface area contributed by atoms with E-state index in [9.17, 15) is 14.4 Å². The normalized spacial score (nSPS) is 14.9. The molecule has 1 saturated carbocycles. The van der Waals surface area contributed by atoms with Crippen molar-refractivity contribution in [3.8, 4) is 11.3 Å². The fraction of sp³-hybridized carbons (Fsp3) is 0.222. The van der Waals surface area contributed by atoms with Crippen LogP contribution in [0.4, 0.5) is 0 Å². The van der Waals surface area contributed by atoms with E-state index in [1.54, 1.807) is 59.2 Å². The van der Waals surface area contributed by atoms with Crippen LogP contribution in [0.25, 0.3) is 44.2 Å². The second kappa shape index (κ2) is 7.59. The van der Waals surface area contributed by atoms with Gasteiger partial charge in [0.1, 0.15) is 17.4 Å². The lowest BCUT2D eigenvalue weighted by atomic mass is 9.94. The predicted octanol–water partition coefficient (Wildman–Crippen LogP) is 5.39. The number of hydrogen-bond donors (Lipinski definition) is 0. The summed E-state index contributed by atoms with van der Waals surface area (Å²) in [6, 6.07) is 15.5. The van der Waals surface area contributed by atoms with Gasteiger partial charge in [0.2, 0.25) is 16.4 Å². The maximum atomic E-state index is 13.8. The Hall–Kier alpha value is -3.93. The summed E-state index contributed by atoms with van der Waals surface area (Å²) < 4.78 is 13.4. The van der Waals surface area contributed by atoms with Gasteiger partial charge in [-0.2, -0.15) is 0 Å². The predicted molar refractivity (Wildman–Crippen MR) is 128 cm³/mol. The Labute approximate surface area is 187 Å². The van der Waals surface area contributed by atoms with Gasteiger partial charge in [-0.3, -0.25) is 14.4 Å². The Kier molecular flexibility index (Phi) is 4.54. The molecule has 3 aromatic heterocycles. The molecule has 0 aliphatic heterocycles. The summed E-state index contributed by atoms with van der Waals surface area (Å²) >= 11 is 0. The van der Waals surface area contributed by atoms with Crippen molar-refractivity contribution >= 4 is 32.9 Å². The van der Waals surface area contributed by atoms with Crippen molar-refractivity contribution in [3.63, 3.8) is 0 Å². The molecule has 0 N–H and O–H groups in total. The van der Waals surface area contributed by atoms with Crippen molar-refractivity contribution in [2.45, 2.75) is 38.1 Å². The summed E-state index contributed by atoms with van der Waals surface area (Å²) in [7, 11) is 0. The van der Waals surface area contributed by atoms with Crippen LogP contribution in [0.15, 0.2) is 84.1 Å². The number of aromatic nitrogens is 1. The number of hydrogen-bond acceptors (Lipinski definition) is 5. The smallest absolute Gasteiger partial charge is 0.295 e. The molecule has 6 heteroatoms. The van der Waals surface area contributed by atoms with Crippen LogP contribution in [-0.2, 0) is 0 Å². The first kappa shape index (κ1) is 19.7. The lowest BCUT2D eigenvalue weighted by molar-refractivity contribution is 0.348. The van der Waals surface area contributed by atoms with Crippen LogP contribution in [0.1, 0.15) is 38.1 Å². The molecule has 0 radical (unpaired) electrons. The Morgan fingerprint density at radius 3 is 2.18 bits per heavy atom. The van der Waals surface area contributed by atoms with Crippen molar-refractivity contribution in [1.29, 1.82) is 0 Å². The Morgan fingerprint density at radius 1 is 0.758 bits per heavy atom. The largest absolute Gasteiger partial charge is 0.463 e. The van der Waals surface area contributed by atoms with Crippen molar-refractivity contribution in [2.24, 2.45) is 0 Å². The molecule has 0 bridgehead atoms. The van der Waals surface area contributed by atoms with Gasteiger partial charge in [-0.25, -0.2) is 0 Å². The van der Waals surface area contributed by atoms with E-state index >= 15 is 0 Å². The van der Waals surface area contributed by atoms with Gasteiger partial charge in [0.25, 0.3) is 5.56 Å². The number of para-hydroxylation sites is 2. The van der Waals surface area contributed by atoms with Crippen molar-refractivity contribution in [3.05, 3.63) is 91.7 Å². The molecule has 1 aliphatic carbocycles. The third kappa shape index (κ3) is 3.05. The monoisotopic (exact) mass is 439 g/mol. The van der Waals surface area contributed by atoms with Crippen molar-refractivity contribution < 1.29 is 8.83 Å². The fourth-order valence-corrected chi connectivity index (χ4v) is 5.04. The molecule has 164 valence electrons. The number of pyridine rings is 1. The van der Waals surface area contributed by atoms with Gasteiger partial charge in [0.15, 0.2) is 0 Å². The average molecular weight is 439 g/mol. The zero-order chi connectivity index (χ0) is 22.5. The highest BCUT2D eigenvalue weighted by molar-refractivity contribution is 5.91. The van der Waals surface area contributed by atoms with Crippen LogP contribution in [0.5, 0.6) is 0 Å². The van der Waals surface area contributed by atoms with Crippen LogP contribution >= 0.6 is 0 Å². The van der Waals surface area contributed by atoms with Crippen LogP contribution in [-0.4, -0.2) is 4.57 Å². The highest BCUT2D eigenvalue weighted by Crippen LogP contribution is 2.32. The number of nitrogens with zero attached hydrogens (tertiary/aromatic N) is 1. The summed E-state index contributed by atoms with van der Waals surface area (Å²) in [6.07, 6.45) is 6.18. The number of fused-ring (bicyclic) bond motifs is 3. The van der Waals surface area contributed by atoms with Gasteiger partial charge in [0.05, 0.1) is 27.4 Å². The lowest BCUT2D eigenvalue weighted by Gasteiger charge is -2.26. The molecule has 0 unspecified atom stereocenters. The maximum Gasteiger partial charge on any atom is 0.295 e. The topological polar surface area (TPSA) is 82.4 Å². The van der Waals surface area contributed by atoms with E-state index < -0.39 is 0 Å². The summed E-state index contributed by atoms with van der Waals surface area (Å²) in [6.45, 7) is 0. The van der Waals surface area contributed by atoms with Gasteiger partial charge in [-0.1, -0.05) is 43.5 Å². The van der Waals surface area contributed by atoms with Crippen molar-refractivity contribution in [2.75, 3.05) is 0 Å². The van der Waals surface area contributed by atoms with Gasteiger partial charge in [-0.15, -0.1) is 0 Å². The summed E-state index contributed by atoms with van der Waals surface area (Å²) in [4.78, 5) is 40.5. The molecule has 6 nitrogen and oxygen atoms in total. The average Bonchev–Trinajstić information content (AvgIpc) is 2.86. The first-order valence-electron chi connectivity index (χ1n) is 11.3. The molecule has 3 heterocycles. The SMILES string of the molecule is O=c1c(-c2cc3c(=O)c4ccccc4oc3c(=O)n2C2CCCCC2)coc2ccccc12. The Balaban J connectivity index is 1.75. The number of benzene rings is 2. The zero-order valence-corrected chi connectivity index (χ0v) is 17.9. The molecule has 33 heavy (non-hydrogen) atoms. The molecule has 5 aromatic rings. The molecule has 0 spiro atoms. The summed E-state index contributed by atoms with van der Waals surface area (Å²) in [5.74, 6) is 0. The van der Waals surface area contributed by atoms with E-state index in [2.05, 4.69) is 0 Å². The third-order valence-electron chi connectivity index (χ3n) is 6.68. The minimum absolute atomic E-state index is 0.0261. The Morgan fingerprint density at radius 2 is 1.42 bits per heavy atom. The van der Waals surface area contributed by atoms with Gasteiger partial charge in [0, 0.05) is 6.04 Å². The molecular formula is C27H21NO5. The van der Waals surface area contributed by atoms with Gasteiger partial charge < -0.3 is 13.4 Å². The standard InChI is InChI=1S/C27H21NO5/c29-24-18-11-5-7-13-23(18)33-26-19(24)14-21(28(27(26)31)16-8-2-1-3-9-16)20-15-32-22-12-6-4-10-17(22)25(20)30/h4-7,10-16H,1-3,8-9H2. The van der Waals surface area contributed by atoms with E-state index in [0.29, 0.717) is 27.6 Å². The van der Waals surface area contributed by atoms with E-state index in [0.717, 1.165) is 32.1 Å². The first-order chi connectivity index (χ1) is 16.1. The van der Waals surface area contributed by atoms with Gasteiger partial charge in [-0.05, 0) is 43.2 Å². The molecule has 1 aliphatic rings. The van der Waals surface area contributed by atoms with Crippen LogP contribution in [0, 0.1) is 0 Å². The Bertz CT molecular complexity index is 1720. The van der Waals surface area contributed by atoms with E-state index in [4.69, 9.17) is 8.83 Å². The van der Waals surface area contributed by atoms with E-state index in [-0.39, 0.29) is 39.0 Å². The minimum Gasteiger partial charge on any atom is -0.463 e. The second-order valence-corrected chi connectivity index (χ2v) is 8.64. The number of rotatable bonds is 2. The second-order valence-electron chi connectivity index (χ2n) is 8.64. The maximum absolute atomic E-state index is 13.8. The fourth-order valence-electron chi connectivity index (χ4n) is 5.04. The molecular weight excluding hydrogens is 418 g/mol. The molecule has 0 saturated heterocycles. The quantitative estimate of drug-likeness (QED) is 0.345. The van der Waals surface area contributed by atoms with Crippen LogP contribution in [0.3, 0.4) is 0 Å². The van der Waals surface area contributed by atoms with Gasteiger partial charge >= 0.3 is 0 Å². The van der Waals surface area contributed by atoms with E-state index in [1.807, 2.05) is 0 Å². The molecule has 2 aromatic carbocycles. The molecule has 1 fully saturated rings. The molecule has 6 rings (SSSR count). The summed E-state index contributed by atoms with van der Waals surface area (Å²) in [5.41, 5.74) is 0.649. The minimum atomic E-state index is -0.384. The third-order valence-corrected chi connectivity index (χ3v) is 6.68. The molecule has 0 amide bonds. The van der Waals surface area contributed by atoms with Crippen LogP contribution in [0.2, 0.25) is 0 Å². The first-order valence-corrected chi connectivity index (χ1v) is 11.3. The highest BCUT2D eigenvalue weighted by Gasteiger charge is 2.25. The van der Waals surface area contributed by atoms with E-state index in [1.165, 1.54) is 6.26 Å². The van der Waals surface area contributed by atoms with Crippen LogP contribution < -0.4 is 16.4 Å². The lowest BCUT2D eigenvalue weighted by Crippen LogP contribution is -2.30. The summed E-state index contributed by atoms with van der Waals surface area (Å²) in [5, 5.41) is 1.01. The van der Waals surface area contributed by atoms with Crippen molar-refractivity contribution in [1.82, 2.24) is 4.57 Å².